The molecular formula is C8H11BrO2S. The SMILES string of the molecule is CS(=O)(=O)C12C3CCCC1C32Br. The molecule has 4 heteroatoms. The summed E-state index contributed by atoms with van der Waals surface area (Å²) in [6, 6.07) is 0. The highest BCUT2D eigenvalue weighted by atomic mass is 79.9. The van der Waals surface area contributed by atoms with E-state index in [1.54, 1.807) is 0 Å². The lowest BCUT2D eigenvalue weighted by atomic mass is 9.88. The van der Waals surface area contributed by atoms with Crippen molar-refractivity contribution in [2.24, 2.45) is 11.8 Å². The number of hydrogen-bond donors (Lipinski definition) is 0. The quantitative estimate of drug-likeness (QED) is 0.659. The van der Waals surface area contributed by atoms with E-state index in [4.69, 9.17) is 0 Å². The highest BCUT2D eigenvalue weighted by Crippen LogP contribution is 2.91. The van der Waals surface area contributed by atoms with Crippen molar-refractivity contribution in [3.63, 3.8) is 0 Å². The molecule has 0 aromatic rings. The lowest BCUT2D eigenvalue weighted by Gasteiger charge is -2.24. The zero-order chi connectivity index (χ0) is 8.78. The van der Waals surface area contributed by atoms with Crippen molar-refractivity contribution in [2.45, 2.75) is 28.3 Å². The van der Waals surface area contributed by atoms with E-state index < -0.39 is 9.84 Å². The molecule has 0 heterocycles. The Balaban J connectivity index is 2.10. The third-order valence-electron chi connectivity index (χ3n) is 4.08. The molecule has 3 aliphatic carbocycles. The summed E-state index contributed by atoms with van der Waals surface area (Å²) >= 11 is 3.62. The van der Waals surface area contributed by atoms with Gasteiger partial charge in [0.2, 0.25) is 0 Å². The van der Waals surface area contributed by atoms with Crippen LogP contribution in [0.1, 0.15) is 19.3 Å². The maximum Gasteiger partial charge on any atom is 0.155 e. The van der Waals surface area contributed by atoms with E-state index in [2.05, 4.69) is 15.9 Å². The van der Waals surface area contributed by atoms with Gasteiger partial charge in [0, 0.05) is 6.26 Å². The van der Waals surface area contributed by atoms with Gasteiger partial charge >= 0.3 is 0 Å². The normalized spacial score (nSPS) is 60.8. The molecule has 3 saturated carbocycles. The average molecular weight is 251 g/mol. The average Bonchev–Trinajstić information content (AvgIpc) is 2.74. The fourth-order valence-electron chi connectivity index (χ4n) is 3.63. The smallest absolute Gasteiger partial charge is 0.155 e. The maximum atomic E-state index is 11.5. The zero-order valence-electron chi connectivity index (χ0n) is 6.88. The Morgan fingerprint density at radius 1 is 1.33 bits per heavy atom. The van der Waals surface area contributed by atoms with Crippen LogP contribution in [0, 0.1) is 11.8 Å². The summed E-state index contributed by atoms with van der Waals surface area (Å²) in [5.41, 5.74) is 0. The minimum atomic E-state index is -2.82. The Bertz CT molecular complexity index is 347. The second-order valence-corrected chi connectivity index (χ2v) is 7.90. The highest BCUT2D eigenvalue weighted by Gasteiger charge is 3.01. The molecule has 0 N–H and O–H groups in total. The van der Waals surface area contributed by atoms with Crippen LogP contribution in [0.5, 0.6) is 0 Å². The maximum absolute atomic E-state index is 11.5. The largest absolute Gasteiger partial charge is 0.228 e. The minimum absolute atomic E-state index is 0.0336. The van der Waals surface area contributed by atoms with Crippen LogP contribution in [0.3, 0.4) is 0 Å². The standard InChI is InChI=1S/C8H11BrO2S/c1-12(10,11)8-5-3-2-4-6(8)7(5,8)9/h5-6H,2-4H2,1H3. The highest BCUT2D eigenvalue weighted by molar-refractivity contribution is 9.10. The fraction of sp³-hybridized carbons (Fsp3) is 1.00. The Hall–Kier alpha value is 0.430. The minimum Gasteiger partial charge on any atom is -0.228 e. The topological polar surface area (TPSA) is 34.1 Å². The summed E-state index contributed by atoms with van der Waals surface area (Å²) < 4.78 is 22.8. The molecule has 68 valence electrons. The van der Waals surface area contributed by atoms with Crippen molar-refractivity contribution in [1.29, 1.82) is 0 Å². The van der Waals surface area contributed by atoms with Gasteiger partial charge in [0.05, 0.1) is 9.07 Å². The molecule has 0 aromatic carbocycles. The van der Waals surface area contributed by atoms with Gasteiger partial charge in [-0.25, -0.2) is 8.42 Å². The molecule has 0 radical (unpaired) electrons. The summed E-state index contributed by atoms with van der Waals surface area (Å²) in [6.07, 6.45) is 4.83. The molecule has 0 aliphatic heterocycles. The van der Waals surface area contributed by atoms with Crippen molar-refractivity contribution in [2.75, 3.05) is 6.26 Å². The first-order chi connectivity index (χ1) is 5.47. The van der Waals surface area contributed by atoms with Gasteiger partial charge in [0.15, 0.2) is 9.84 Å². The van der Waals surface area contributed by atoms with Crippen LogP contribution >= 0.6 is 15.9 Å². The molecule has 2 unspecified atom stereocenters. The van der Waals surface area contributed by atoms with Crippen molar-refractivity contribution in [3.05, 3.63) is 0 Å². The molecule has 0 aromatic heterocycles. The van der Waals surface area contributed by atoms with Gasteiger partial charge in [-0.3, -0.25) is 0 Å². The lowest BCUT2D eigenvalue weighted by Crippen LogP contribution is -2.28. The van der Waals surface area contributed by atoms with Gasteiger partial charge in [-0.05, 0) is 24.7 Å². The van der Waals surface area contributed by atoms with Crippen LogP contribution in [0.2, 0.25) is 0 Å². The van der Waals surface area contributed by atoms with Gasteiger partial charge in [0.25, 0.3) is 0 Å². The van der Waals surface area contributed by atoms with Crippen LogP contribution in [0.4, 0.5) is 0 Å². The van der Waals surface area contributed by atoms with E-state index in [1.165, 1.54) is 12.7 Å². The molecule has 2 atom stereocenters. The van der Waals surface area contributed by atoms with E-state index in [1.807, 2.05) is 0 Å². The monoisotopic (exact) mass is 250 g/mol. The van der Waals surface area contributed by atoms with Crippen LogP contribution in [0.15, 0.2) is 0 Å². The second-order valence-electron chi connectivity index (χ2n) is 4.37. The number of hydrogen-bond acceptors (Lipinski definition) is 2. The van der Waals surface area contributed by atoms with Crippen molar-refractivity contribution in [1.82, 2.24) is 0 Å². The summed E-state index contributed by atoms with van der Waals surface area (Å²) in [5.74, 6) is 0.887. The van der Waals surface area contributed by atoms with E-state index >= 15 is 0 Å². The number of rotatable bonds is 1. The second kappa shape index (κ2) is 1.65. The summed E-state index contributed by atoms with van der Waals surface area (Å²) in [6.45, 7) is 0. The van der Waals surface area contributed by atoms with E-state index in [-0.39, 0.29) is 9.07 Å². The van der Waals surface area contributed by atoms with Gasteiger partial charge in [0.1, 0.15) is 0 Å². The van der Waals surface area contributed by atoms with Crippen molar-refractivity contribution in [3.8, 4) is 0 Å². The molecule has 12 heavy (non-hydrogen) atoms. The summed E-state index contributed by atoms with van der Waals surface area (Å²) in [4.78, 5) is 0. The van der Waals surface area contributed by atoms with Crippen LogP contribution < -0.4 is 0 Å². The Morgan fingerprint density at radius 2 is 1.83 bits per heavy atom. The molecule has 3 rings (SSSR count). The van der Waals surface area contributed by atoms with Gasteiger partial charge in [-0.1, -0.05) is 22.4 Å². The molecular weight excluding hydrogens is 240 g/mol. The molecule has 0 spiro atoms. The van der Waals surface area contributed by atoms with E-state index in [9.17, 15) is 8.42 Å². The first-order valence-electron chi connectivity index (χ1n) is 4.36. The molecule has 0 amide bonds. The van der Waals surface area contributed by atoms with Crippen LogP contribution in [0.25, 0.3) is 0 Å². The Kier molecular flexibility index (Phi) is 1.07. The third-order valence-corrected chi connectivity index (χ3v) is 8.24. The number of fused-ring (bicyclic) bond motifs is 2. The van der Waals surface area contributed by atoms with Crippen molar-refractivity contribution >= 4 is 25.8 Å². The first-order valence-corrected chi connectivity index (χ1v) is 7.04. The van der Waals surface area contributed by atoms with Gasteiger partial charge < -0.3 is 0 Å². The summed E-state index contributed by atoms with van der Waals surface area (Å²) in [7, 11) is -2.82. The van der Waals surface area contributed by atoms with E-state index in [0.717, 1.165) is 12.8 Å². The predicted octanol–water partition coefficient (Wildman–Crippen LogP) is 1.35. The molecule has 2 nitrogen and oxygen atoms in total. The van der Waals surface area contributed by atoms with Crippen molar-refractivity contribution < 1.29 is 8.42 Å². The molecule has 3 aliphatic rings. The number of sulfone groups is 1. The molecule has 0 saturated heterocycles. The molecule has 0 bridgehead atoms. The van der Waals surface area contributed by atoms with Crippen LogP contribution in [-0.2, 0) is 9.84 Å². The number of alkyl halides is 1. The van der Waals surface area contributed by atoms with Gasteiger partial charge in [-0.2, -0.15) is 0 Å². The summed E-state index contributed by atoms with van der Waals surface area (Å²) in [5, 5.41) is 0. The lowest BCUT2D eigenvalue weighted by molar-refractivity contribution is 0.358. The number of halogens is 1. The zero-order valence-corrected chi connectivity index (χ0v) is 9.28. The van der Waals surface area contributed by atoms with Crippen LogP contribution in [-0.4, -0.2) is 23.7 Å². The molecule has 3 fully saturated rings. The fourth-order valence-corrected chi connectivity index (χ4v) is 8.70. The Labute approximate surface area is 80.8 Å². The first kappa shape index (κ1) is 7.80. The third kappa shape index (κ3) is 0.470. The van der Waals surface area contributed by atoms with E-state index in [0.29, 0.717) is 11.8 Å². The Morgan fingerprint density at radius 3 is 2.08 bits per heavy atom. The predicted molar refractivity (Wildman–Crippen MR) is 50.1 cm³/mol. The van der Waals surface area contributed by atoms with Gasteiger partial charge in [-0.15, -0.1) is 0 Å².